The van der Waals surface area contributed by atoms with Gasteiger partial charge in [0.05, 0.1) is 36.3 Å². The van der Waals surface area contributed by atoms with Crippen molar-refractivity contribution in [3.05, 3.63) is 23.0 Å². The Morgan fingerprint density at radius 1 is 1.39 bits per heavy atom. The van der Waals surface area contributed by atoms with Gasteiger partial charge >= 0.3 is 0 Å². The van der Waals surface area contributed by atoms with Crippen LogP contribution in [-0.4, -0.2) is 30.6 Å². The summed E-state index contributed by atoms with van der Waals surface area (Å²) in [5.41, 5.74) is 5.15. The average Bonchev–Trinajstić information content (AvgIpc) is 2.35. The molecule has 1 heterocycles. The molecule has 0 aromatic carbocycles. The van der Waals surface area contributed by atoms with E-state index in [1.165, 1.54) is 31.9 Å². The zero-order valence-electron chi connectivity index (χ0n) is 11.0. The number of nitrogens with two attached hydrogens (primary N) is 1. The summed E-state index contributed by atoms with van der Waals surface area (Å²) in [6.07, 6.45) is 1.26. The summed E-state index contributed by atoms with van der Waals surface area (Å²) in [5, 5.41) is 10.2. The molecule has 0 aliphatic carbocycles. The van der Waals surface area contributed by atoms with Crippen molar-refractivity contribution in [1.29, 1.82) is 0 Å². The highest BCUT2D eigenvalue weighted by atomic mass is 35.5. The molecule has 0 spiro atoms. The van der Waals surface area contributed by atoms with E-state index in [0.717, 1.165) is 0 Å². The van der Waals surface area contributed by atoms with Crippen LogP contribution in [0.15, 0.2) is 12.3 Å². The van der Waals surface area contributed by atoms with E-state index in [1.807, 2.05) is 0 Å². The lowest BCUT2D eigenvalue weighted by atomic mass is 10.3. The number of rotatable bonds is 4. The maximum atomic E-state index is 10.3. The molecule has 102 valence electrons. The average molecular weight is 274 g/mol. The Morgan fingerprint density at radius 2 is 1.89 bits per heavy atom. The number of halogens is 1. The fourth-order valence-electron chi connectivity index (χ4n) is 1.35. The van der Waals surface area contributed by atoms with Crippen LogP contribution in [0.4, 0.5) is 5.69 Å². The summed E-state index contributed by atoms with van der Waals surface area (Å²) < 4.78 is 0. The Morgan fingerprint density at radius 3 is 2.17 bits per heavy atom. The summed E-state index contributed by atoms with van der Waals surface area (Å²) in [6.45, 7) is 10.5. The minimum Gasteiger partial charge on any atom is -0.543 e. The van der Waals surface area contributed by atoms with E-state index in [9.17, 15) is 9.90 Å². The molecule has 1 aromatic rings. The maximum Gasteiger partial charge on any atom is 0.106 e. The number of aromatic nitrogens is 1. The van der Waals surface area contributed by atoms with Gasteiger partial charge in [0.15, 0.2) is 0 Å². The first-order valence-corrected chi connectivity index (χ1v) is 6.30. The first-order valence-electron chi connectivity index (χ1n) is 5.92. The SMILES string of the molecule is CC[NH+](CC)CC.Nc1ccnc(C(=O)[O-])c1Cl. The summed E-state index contributed by atoms with van der Waals surface area (Å²) in [7, 11) is 0. The lowest BCUT2D eigenvalue weighted by Crippen LogP contribution is -3.11. The second-order valence-electron chi connectivity index (χ2n) is 3.66. The highest BCUT2D eigenvalue weighted by Gasteiger charge is 2.04. The number of nitrogens with zero attached hydrogens (tertiary/aromatic N) is 1. The van der Waals surface area contributed by atoms with E-state index in [1.54, 1.807) is 4.90 Å². The molecule has 6 heteroatoms. The number of carbonyl (C=O) groups is 1. The van der Waals surface area contributed by atoms with Crippen molar-refractivity contribution in [3.8, 4) is 0 Å². The third kappa shape index (κ3) is 5.33. The topological polar surface area (TPSA) is 83.5 Å². The fraction of sp³-hybridized carbons (Fsp3) is 0.500. The largest absolute Gasteiger partial charge is 0.543 e. The number of carbonyl (C=O) groups excluding carboxylic acids is 1. The smallest absolute Gasteiger partial charge is 0.106 e. The molecule has 0 atom stereocenters. The van der Waals surface area contributed by atoms with Gasteiger partial charge in [-0.3, -0.25) is 4.98 Å². The van der Waals surface area contributed by atoms with Crippen LogP contribution in [0.3, 0.4) is 0 Å². The Bertz CT molecular complexity index is 376. The van der Waals surface area contributed by atoms with Gasteiger partial charge in [-0.05, 0) is 26.8 Å². The number of hydrogen-bond donors (Lipinski definition) is 2. The van der Waals surface area contributed by atoms with Gasteiger partial charge in [0.2, 0.25) is 0 Å². The molecule has 0 bridgehead atoms. The highest BCUT2D eigenvalue weighted by Crippen LogP contribution is 2.19. The predicted octanol–water partition coefficient (Wildman–Crippen LogP) is -0.388. The number of aromatic carboxylic acids is 1. The summed E-state index contributed by atoms with van der Waals surface area (Å²) in [5.74, 6) is -1.43. The Kier molecular flexibility index (Phi) is 8.07. The molecule has 0 unspecified atom stereocenters. The van der Waals surface area contributed by atoms with E-state index in [2.05, 4.69) is 25.8 Å². The van der Waals surface area contributed by atoms with E-state index in [4.69, 9.17) is 17.3 Å². The van der Waals surface area contributed by atoms with Crippen LogP contribution in [0.1, 0.15) is 31.3 Å². The third-order valence-electron chi connectivity index (χ3n) is 2.61. The van der Waals surface area contributed by atoms with E-state index in [0.29, 0.717) is 0 Å². The van der Waals surface area contributed by atoms with Gasteiger partial charge < -0.3 is 20.5 Å². The van der Waals surface area contributed by atoms with Crippen molar-refractivity contribution < 1.29 is 14.8 Å². The van der Waals surface area contributed by atoms with Crippen LogP contribution < -0.4 is 15.7 Å². The van der Waals surface area contributed by atoms with Crippen LogP contribution in [0.25, 0.3) is 0 Å². The number of hydrogen-bond acceptors (Lipinski definition) is 4. The third-order valence-corrected chi connectivity index (χ3v) is 3.01. The van der Waals surface area contributed by atoms with E-state index < -0.39 is 5.97 Å². The number of anilines is 1. The molecule has 3 N–H and O–H groups in total. The number of carboxylic acids is 1. The zero-order chi connectivity index (χ0) is 14.1. The Labute approximate surface area is 113 Å². The summed E-state index contributed by atoms with van der Waals surface area (Å²) >= 11 is 5.48. The molecule has 5 nitrogen and oxygen atoms in total. The van der Waals surface area contributed by atoms with Crippen molar-refractivity contribution in [2.24, 2.45) is 0 Å². The number of quaternary nitrogens is 1. The van der Waals surface area contributed by atoms with Crippen molar-refractivity contribution in [1.82, 2.24) is 4.98 Å². The van der Waals surface area contributed by atoms with Crippen molar-refractivity contribution in [3.63, 3.8) is 0 Å². The van der Waals surface area contributed by atoms with Gasteiger partial charge in [0.1, 0.15) is 5.69 Å². The number of pyridine rings is 1. The van der Waals surface area contributed by atoms with Crippen molar-refractivity contribution >= 4 is 23.3 Å². The molecule has 0 aliphatic heterocycles. The molecule has 1 rings (SSSR count). The lowest BCUT2D eigenvalue weighted by Gasteiger charge is -2.10. The quantitative estimate of drug-likeness (QED) is 0.783. The van der Waals surface area contributed by atoms with Crippen LogP contribution in [0.5, 0.6) is 0 Å². The maximum absolute atomic E-state index is 10.3. The van der Waals surface area contributed by atoms with Crippen LogP contribution in [0, 0.1) is 0 Å². The highest BCUT2D eigenvalue weighted by molar-refractivity contribution is 6.35. The van der Waals surface area contributed by atoms with Crippen LogP contribution >= 0.6 is 11.6 Å². The summed E-state index contributed by atoms with van der Waals surface area (Å²) in [4.78, 5) is 15.4. The molecular formula is C12H20ClN3O2. The summed E-state index contributed by atoms with van der Waals surface area (Å²) in [6, 6.07) is 1.41. The molecule has 0 radical (unpaired) electrons. The minimum atomic E-state index is -1.43. The van der Waals surface area contributed by atoms with Crippen LogP contribution in [-0.2, 0) is 0 Å². The monoisotopic (exact) mass is 273 g/mol. The first kappa shape index (κ1) is 16.7. The van der Waals surface area contributed by atoms with Crippen LogP contribution in [0.2, 0.25) is 5.02 Å². The normalized spacial score (nSPS) is 9.83. The molecule has 0 saturated carbocycles. The minimum absolute atomic E-state index is 0.0764. The molecule has 1 aromatic heterocycles. The molecule has 0 saturated heterocycles. The van der Waals surface area contributed by atoms with Gasteiger partial charge in [0.25, 0.3) is 0 Å². The second-order valence-corrected chi connectivity index (χ2v) is 4.04. The second kappa shape index (κ2) is 8.72. The van der Waals surface area contributed by atoms with E-state index >= 15 is 0 Å². The van der Waals surface area contributed by atoms with Gasteiger partial charge in [-0.1, -0.05) is 11.6 Å². The molecule has 0 amide bonds. The molecule has 0 fully saturated rings. The first-order chi connectivity index (χ1) is 8.47. The Hall–Kier alpha value is -1.33. The number of nitrogens with one attached hydrogen (secondary N) is 1. The number of nitrogen functional groups attached to an aromatic ring is 1. The fourth-order valence-corrected chi connectivity index (χ4v) is 1.54. The standard InChI is InChI=1S/C6H5ClN2O2.C6H15N/c7-4-3(8)1-2-9-5(4)6(10)11;1-4-7(5-2)6-3/h1-2H,(H2,8,9)(H,10,11);4-6H2,1-3H3. The Balaban J connectivity index is 0.000000360. The zero-order valence-corrected chi connectivity index (χ0v) is 11.8. The lowest BCUT2D eigenvalue weighted by molar-refractivity contribution is -0.894. The van der Waals surface area contributed by atoms with E-state index in [-0.39, 0.29) is 16.4 Å². The van der Waals surface area contributed by atoms with Crippen molar-refractivity contribution in [2.75, 3.05) is 25.4 Å². The van der Waals surface area contributed by atoms with Gasteiger partial charge in [-0.25, -0.2) is 0 Å². The number of carboxylic acid groups (broad SMARTS) is 1. The van der Waals surface area contributed by atoms with Gasteiger partial charge in [-0.2, -0.15) is 0 Å². The van der Waals surface area contributed by atoms with Crippen molar-refractivity contribution in [2.45, 2.75) is 20.8 Å². The predicted molar refractivity (Wildman–Crippen MR) is 70.6 cm³/mol. The molecule has 18 heavy (non-hydrogen) atoms. The molecular weight excluding hydrogens is 254 g/mol. The van der Waals surface area contributed by atoms with Gasteiger partial charge in [-0.15, -0.1) is 0 Å². The molecule has 0 aliphatic rings. The van der Waals surface area contributed by atoms with Gasteiger partial charge in [0, 0.05) is 6.20 Å².